The van der Waals surface area contributed by atoms with Crippen molar-refractivity contribution in [3.05, 3.63) is 34.9 Å². The minimum absolute atomic E-state index is 0.00265. The first-order chi connectivity index (χ1) is 12.0. The first kappa shape index (κ1) is 18.2. The van der Waals surface area contributed by atoms with Crippen molar-refractivity contribution in [2.45, 2.75) is 18.9 Å². The van der Waals surface area contributed by atoms with Crippen LogP contribution in [0.4, 0.5) is 0 Å². The first-order valence-electron chi connectivity index (χ1n) is 8.57. The van der Waals surface area contributed by atoms with Crippen LogP contribution < -0.4 is 0 Å². The van der Waals surface area contributed by atoms with Crippen LogP contribution in [0.25, 0.3) is 0 Å². The van der Waals surface area contributed by atoms with Crippen molar-refractivity contribution in [1.82, 2.24) is 9.80 Å². The number of halogens is 1. The molecule has 2 bridgehead atoms. The summed E-state index contributed by atoms with van der Waals surface area (Å²) < 4.78 is 5.66. The van der Waals surface area contributed by atoms with Gasteiger partial charge in [0, 0.05) is 37.0 Å². The highest BCUT2D eigenvalue weighted by Crippen LogP contribution is 2.20. The number of rotatable bonds is 5. The molecule has 2 saturated heterocycles. The van der Waals surface area contributed by atoms with Crippen LogP contribution in [0, 0.1) is 5.92 Å². The fourth-order valence-electron chi connectivity index (χ4n) is 3.56. The third-order valence-electron chi connectivity index (χ3n) is 4.81. The zero-order valence-electron chi connectivity index (χ0n) is 14.1. The number of hydrogen-bond donors (Lipinski definition) is 1. The van der Waals surface area contributed by atoms with Crippen molar-refractivity contribution in [3.63, 3.8) is 0 Å². The fraction of sp³-hybridized carbons (Fsp3) is 0.556. The van der Waals surface area contributed by atoms with E-state index in [1.165, 1.54) is 0 Å². The number of fused-ring (bicyclic) bond motifs is 3. The molecule has 6 nitrogen and oxygen atoms in total. The molecule has 2 heterocycles. The van der Waals surface area contributed by atoms with E-state index >= 15 is 0 Å². The Hall–Kier alpha value is -1.63. The molecule has 0 radical (unpaired) electrons. The first-order valence-corrected chi connectivity index (χ1v) is 8.95. The van der Waals surface area contributed by atoms with Gasteiger partial charge in [0.15, 0.2) is 0 Å². The summed E-state index contributed by atoms with van der Waals surface area (Å²) in [5.41, 5.74) is 1.09. The standard InChI is InChI=1S/C18H23ClN2O4/c19-15-4-1-13(2-5-15)3-6-17(22)21-8-14-7-20(10-18(23)24)16(9-21)12-25-11-14/h1-2,4-5,14,16H,3,6-12H2,(H,23,24)/t14-,16+/m1/s1. The van der Waals surface area contributed by atoms with Crippen molar-refractivity contribution in [2.75, 3.05) is 39.4 Å². The van der Waals surface area contributed by atoms with E-state index < -0.39 is 5.97 Å². The molecular formula is C18H23ClN2O4. The average Bonchev–Trinajstić information content (AvgIpc) is 2.83. The highest BCUT2D eigenvalue weighted by molar-refractivity contribution is 6.30. The molecule has 1 amide bonds. The number of carboxylic acids is 1. The van der Waals surface area contributed by atoms with Gasteiger partial charge in [-0.05, 0) is 24.1 Å². The molecule has 25 heavy (non-hydrogen) atoms. The van der Waals surface area contributed by atoms with Crippen LogP contribution in [-0.2, 0) is 20.7 Å². The van der Waals surface area contributed by atoms with Gasteiger partial charge in [-0.25, -0.2) is 0 Å². The van der Waals surface area contributed by atoms with E-state index in [2.05, 4.69) is 0 Å². The number of ether oxygens (including phenoxy) is 1. The van der Waals surface area contributed by atoms with Gasteiger partial charge in [0.25, 0.3) is 0 Å². The zero-order chi connectivity index (χ0) is 17.8. The Bertz CT molecular complexity index is 622. The number of carboxylic acid groups (broad SMARTS) is 1. The van der Waals surface area contributed by atoms with Crippen LogP contribution in [0.1, 0.15) is 12.0 Å². The van der Waals surface area contributed by atoms with Crippen LogP contribution in [0.5, 0.6) is 0 Å². The van der Waals surface area contributed by atoms with Crippen molar-refractivity contribution in [2.24, 2.45) is 5.92 Å². The quantitative estimate of drug-likeness (QED) is 0.855. The molecule has 2 aliphatic heterocycles. The number of carbonyl (C=O) groups is 2. The van der Waals surface area contributed by atoms with Gasteiger partial charge < -0.3 is 14.7 Å². The number of amides is 1. The topological polar surface area (TPSA) is 70.1 Å². The SMILES string of the molecule is O=C(O)CN1C[C@H]2COC[C@@H]1CN(C(=O)CCc1ccc(Cl)cc1)C2. The Morgan fingerprint density at radius 1 is 1.16 bits per heavy atom. The molecule has 7 heteroatoms. The van der Waals surface area contributed by atoms with E-state index in [0.717, 1.165) is 5.56 Å². The normalized spacial score (nSPS) is 24.0. The Labute approximate surface area is 152 Å². The molecule has 0 spiro atoms. The summed E-state index contributed by atoms with van der Waals surface area (Å²) in [6.07, 6.45) is 1.12. The van der Waals surface area contributed by atoms with Crippen molar-refractivity contribution in [3.8, 4) is 0 Å². The summed E-state index contributed by atoms with van der Waals surface area (Å²) in [4.78, 5) is 27.6. The summed E-state index contributed by atoms with van der Waals surface area (Å²) in [6.45, 7) is 2.88. The summed E-state index contributed by atoms with van der Waals surface area (Å²) in [7, 11) is 0. The van der Waals surface area contributed by atoms with Gasteiger partial charge in [-0.1, -0.05) is 23.7 Å². The molecule has 1 N–H and O–H groups in total. The lowest BCUT2D eigenvalue weighted by molar-refractivity contribution is -0.139. The lowest BCUT2D eigenvalue weighted by Crippen LogP contribution is -2.47. The summed E-state index contributed by atoms with van der Waals surface area (Å²) in [5.74, 6) is -0.566. The lowest BCUT2D eigenvalue weighted by atomic mass is 10.1. The number of carbonyl (C=O) groups excluding carboxylic acids is 1. The number of aliphatic carboxylic acids is 1. The van der Waals surface area contributed by atoms with Gasteiger partial charge in [0.2, 0.25) is 5.91 Å². The third kappa shape index (κ3) is 4.93. The van der Waals surface area contributed by atoms with Crippen molar-refractivity contribution in [1.29, 1.82) is 0 Å². The summed E-state index contributed by atoms with van der Waals surface area (Å²) >= 11 is 5.88. The van der Waals surface area contributed by atoms with Gasteiger partial charge in [-0.15, -0.1) is 0 Å². The predicted octanol–water partition coefficient (Wildman–Crippen LogP) is 1.52. The number of nitrogens with zero attached hydrogens (tertiary/aromatic N) is 2. The van der Waals surface area contributed by atoms with Gasteiger partial charge in [0.05, 0.1) is 25.8 Å². The van der Waals surface area contributed by atoms with Gasteiger partial charge in [-0.3, -0.25) is 14.5 Å². The maximum atomic E-state index is 12.7. The second kappa shape index (κ2) is 8.17. The molecule has 136 valence electrons. The second-order valence-electron chi connectivity index (χ2n) is 6.81. The van der Waals surface area contributed by atoms with Crippen LogP contribution >= 0.6 is 11.6 Å². The molecule has 1 aromatic carbocycles. The van der Waals surface area contributed by atoms with E-state index in [9.17, 15) is 9.59 Å². The van der Waals surface area contributed by atoms with Gasteiger partial charge >= 0.3 is 5.97 Å². The summed E-state index contributed by atoms with van der Waals surface area (Å²) in [6, 6.07) is 7.49. The maximum absolute atomic E-state index is 12.7. The van der Waals surface area contributed by atoms with Crippen LogP contribution in [-0.4, -0.2) is 72.2 Å². The largest absolute Gasteiger partial charge is 0.480 e. The Balaban J connectivity index is 1.61. The van der Waals surface area contributed by atoms with Crippen LogP contribution in [0.2, 0.25) is 5.02 Å². The number of benzene rings is 1. The molecule has 1 aromatic rings. The molecular weight excluding hydrogens is 344 g/mol. The number of aryl methyl sites for hydroxylation is 1. The second-order valence-corrected chi connectivity index (χ2v) is 7.24. The average molecular weight is 367 g/mol. The zero-order valence-corrected chi connectivity index (χ0v) is 14.8. The molecule has 3 rings (SSSR count). The molecule has 0 aliphatic carbocycles. The van der Waals surface area contributed by atoms with E-state index in [1.807, 2.05) is 34.1 Å². The minimum atomic E-state index is -0.840. The monoisotopic (exact) mass is 366 g/mol. The van der Waals surface area contributed by atoms with E-state index in [-0.39, 0.29) is 24.4 Å². The fourth-order valence-corrected chi connectivity index (χ4v) is 3.69. The van der Waals surface area contributed by atoms with Crippen molar-refractivity contribution < 1.29 is 19.4 Å². The lowest BCUT2D eigenvalue weighted by Gasteiger charge is -2.30. The Morgan fingerprint density at radius 2 is 1.92 bits per heavy atom. The molecule has 2 aliphatic rings. The molecule has 0 unspecified atom stereocenters. The predicted molar refractivity (Wildman–Crippen MR) is 93.7 cm³/mol. The molecule has 0 saturated carbocycles. The Morgan fingerprint density at radius 3 is 2.64 bits per heavy atom. The van der Waals surface area contributed by atoms with Crippen LogP contribution in [0.3, 0.4) is 0 Å². The van der Waals surface area contributed by atoms with E-state index in [4.69, 9.17) is 21.4 Å². The summed E-state index contributed by atoms with van der Waals surface area (Å²) in [5, 5.41) is 9.80. The molecule has 0 aromatic heterocycles. The Kier molecular flexibility index (Phi) is 5.93. The molecule has 2 atom stereocenters. The van der Waals surface area contributed by atoms with Gasteiger partial charge in [0.1, 0.15) is 0 Å². The number of hydrogen-bond acceptors (Lipinski definition) is 4. The third-order valence-corrected chi connectivity index (χ3v) is 5.07. The highest BCUT2D eigenvalue weighted by atomic mass is 35.5. The van der Waals surface area contributed by atoms with Crippen LogP contribution in [0.15, 0.2) is 24.3 Å². The smallest absolute Gasteiger partial charge is 0.317 e. The van der Waals surface area contributed by atoms with E-state index in [1.54, 1.807) is 0 Å². The maximum Gasteiger partial charge on any atom is 0.317 e. The van der Waals surface area contributed by atoms with E-state index in [0.29, 0.717) is 50.7 Å². The minimum Gasteiger partial charge on any atom is -0.480 e. The molecule has 2 fully saturated rings. The van der Waals surface area contributed by atoms with Gasteiger partial charge in [-0.2, -0.15) is 0 Å². The van der Waals surface area contributed by atoms with Crippen molar-refractivity contribution >= 4 is 23.5 Å². The highest BCUT2D eigenvalue weighted by Gasteiger charge is 2.35.